The molecule has 11 nitrogen and oxygen atoms in total. The molecule has 1 aliphatic rings. The minimum Gasteiger partial charge on any atom is -0.454 e. The van der Waals surface area contributed by atoms with Crippen LogP contribution in [0.15, 0.2) is 30.6 Å². The number of nitrogens with zero attached hydrogens (tertiary/aromatic N) is 6. The number of imidazole rings is 1. The molecule has 0 unspecified atom stereocenters. The van der Waals surface area contributed by atoms with Crippen LogP contribution in [0.4, 0.5) is 26.4 Å². The number of alkyl halides is 2. The van der Waals surface area contributed by atoms with E-state index in [9.17, 15) is 13.6 Å². The topological polar surface area (TPSA) is 121 Å². The average Bonchev–Trinajstić information content (AvgIpc) is 3.55. The fourth-order valence-electron chi connectivity index (χ4n) is 4.04. The van der Waals surface area contributed by atoms with Gasteiger partial charge in [-0.25, -0.2) is 9.97 Å². The molecule has 1 atom stereocenters. The van der Waals surface area contributed by atoms with Gasteiger partial charge in [-0.05, 0) is 12.5 Å². The fourth-order valence-corrected chi connectivity index (χ4v) is 4.34. The van der Waals surface area contributed by atoms with Gasteiger partial charge in [-0.15, -0.1) is 0 Å². The number of pyridine rings is 2. The zero-order valence-electron chi connectivity index (χ0n) is 20.1. The molecule has 2 N–H and O–H groups in total. The van der Waals surface area contributed by atoms with Crippen molar-refractivity contribution in [3.05, 3.63) is 41.3 Å². The van der Waals surface area contributed by atoms with Crippen LogP contribution >= 0.6 is 11.6 Å². The summed E-state index contributed by atoms with van der Waals surface area (Å²) in [5.74, 6) is -1.89. The van der Waals surface area contributed by atoms with Crippen molar-refractivity contribution >= 4 is 46.3 Å². The van der Waals surface area contributed by atoms with Crippen LogP contribution in [0, 0.1) is 0 Å². The van der Waals surface area contributed by atoms with E-state index in [1.807, 2.05) is 0 Å². The lowest BCUT2D eigenvalue weighted by Crippen LogP contribution is -2.20. The summed E-state index contributed by atoms with van der Waals surface area (Å²) in [7, 11) is 1.70. The van der Waals surface area contributed by atoms with E-state index in [1.165, 1.54) is 30.1 Å². The third kappa shape index (κ3) is 5.04. The maximum atomic E-state index is 14.3. The quantitative estimate of drug-likeness (QED) is 0.349. The number of aryl methyl sites for hydroxylation is 1. The zero-order chi connectivity index (χ0) is 26.3. The van der Waals surface area contributed by atoms with E-state index >= 15 is 0 Å². The number of fused-ring (bicyclic) bond motifs is 1. The first-order valence-electron chi connectivity index (χ1n) is 11.3. The highest BCUT2D eigenvalue weighted by Gasteiger charge is 2.34. The second kappa shape index (κ2) is 9.56. The first-order chi connectivity index (χ1) is 17.6. The number of aromatic nitrogens is 6. The molecule has 5 heterocycles. The highest BCUT2D eigenvalue weighted by Crippen LogP contribution is 2.37. The van der Waals surface area contributed by atoms with Crippen LogP contribution in [0.1, 0.15) is 32.0 Å². The summed E-state index contributed by atoms with van der Waals surface area (Å²) >= 11 is 6.64. The van der Waals surface area contributed by atoms with Gasteiger partial charge in [-0.2, -0.15) is 18.9 Å². The van der Waals surface area contributed by atoms with Crippen LogP contribution in [0.5, 0.6) is 11.5 Å². The van der Waals surface area contributed by atoms with E-state index in [2.05, 4.69) is 30.7 Å². The number of hydrogen-bond acceptors (Lipinski definition) is 8. The van der Waals surface area contributed by atoms with E-state index in [1.54, 1.807) is 23.7 Å². The molecule has 14 heteroatoms. The van der Waals surface area contributed by atoms with Crippen LogP contribution in [-0.4, -0.2) is 48.4 Å². The van der Waals surface area contributed by atoms with Crippen LogP contribution in [0.3, 0.4) is 0 Å². The number of anilines is 3. The third-order valence-corrected chi connectivity index (χ3v) is 6.11. The van der Waals surface area contributed by atoms with Crippen LogP contribution in [0.25, 0.3) is 11.2 Å². The summed E-state index contributed by atoms with van der Waals surface area (Å²) in [6.45, 7) is 3.03. The lowest BCUT2D eigenvalue weighted by Gasteiger charge is -2.16. The molecule has 0 radical (unpaired) electrons. The monoisotopic (exact) mass is 532 g/mol. The Labute approximate surface area is 214 Å². The summed E-state index contributed by atoms with van der Waals surface area (Å²) in [6.07, 6.45) is 3.50. The van der Waals surface area contributed by atoms with Gasteiger partial charge in [-0.3, -0.25) is 9.48 Å². The first-order valence-corrected chi connectivity index (χ1v) is 11.7. The van der Waals surface area contributed by atoms with Crippen LogP contribution in [0.2, 0.25) is 5.02 Å². The highest BCUT2D eigenvalue weighted by atomic mass is 35.5. The Morgan fingerprint density at radius 2 is 2.11 bits per heavy atom. The smallest absolute Gasteiger partial charge is 0.286 e. The standard InChI is InChI=1S/C23H23ClF2N8O3/c1-12(35)29-17-8-14(4-6-27-17)37-15-10-28-21-20(19(15)24)33(3)22(31-21)30-18-9-16(23(2,25)26)34(32-18)13-5-7-36-11-13/h4,6,8-10,13H,5,7,11H2,1-3H3,(H,27,29,35)(H,28,30,31,32)/t13-/m1/s1. The molecule has 1 aliphatic heterocycles. The maximum Gasteiger partial charge on any atom is 0.286 e. The summed E-state index contributed by atoms with van der Waals surface area (Å²) in [4.78, 5) is 24.1. The Balaban J connectivity index is 1.44. The Morgan fingerprint density at radius 3 is 2.81 bits per heavy atom. The maximum absolute atomic E-state index is 14.3. The minimum atomic E-state index is -3.09. The number of rotatable bonds is 7. The van der Waals surface area contributed by atoms with Gasteiger partial charge in [0.15, 0.2) is 17.2 Å². The van der Waals surface area contributed by atoms with Crippen LogP contribution in [-0.2, 0) is 22.5 Å². The molecule has 0 spiro atoms. The van der Waals surface area contributed by atoms with E-state index in [-0.39, 0.29) is 34.2 Å². The SMILES string of the molecule is CC(=O)Nc1cc(Oc2cnc3nc(Nc4cc(C(C)(F)F)n([C@@H]5CCOC5)n4)n(C)c3c2Cl)ccn1. The molecule has 0 aliphatic carbocycles. The van der Waals surface area contributed by atoms with Gasteiger partial charge in [0, 0.05) is 45.8 Å². The predicted molar refractivity (Wildman–Crippen MR) is 132 cm³/mol. The molecule has 0 bridgehead atoms. The lowest BCUT2D eigenvalue weighted by molar-refractivity contribution is -0.114. The minimum absolute atomic E-state index is 0.205. The summed E-state index contributed by atoms with van der Waals surface area (Å²) in [5, 5.41) is 10.2. The Bertz CT molecular complexity index is 1480. The number of hydrogen-bond donors (Lipinski definition) is 2. The number of carbonyl (C=O) groups excluding carboxylic acids is 1. The number of halogens is 3. The van der Waals surface area contributed by atoms with Crippen molar-refractivity contribution in [1.82, 2.24) is 29.3 Å². The van der Waals surface area contributed by atoms with E-state index < -0.39 is 5.92 Å². The molecular weight excluding hydrogens is 510 g/mol. The highest BCUT2D eigenvalue weighted by molar-refractivity contribution is 6.36. The molecule has 4 aromatic rings. The van der Waals surface area contributed by atoms with Crippen molar-refractivity contribution in [2.75, 3.05) is 23.8 Å². The molecule has 5 rings (SSSR count). The molecule has 0 saturated carbocycles. The second-order valence-electron chi connectivity index (χ2n) is 8.65. The number of nitrogens with one attached hydrogen (secondary N) is 2. The van der Waals surface area contributed by atoms with Crippen molar-refractivity contribution in [3.63, 3.8) is 0 Å². The average molecular weight is 533 g/mol. The van der Waals surface area contributed by atoms with E-state index in [0.29, 0.717) is 48.3 Å². The molecule has 1 amide bonds. The van der Waals surface area contributed by atoms with Crippen molar-refractivity contribution in [3.8, 4) is 11.5 Å². The zero-order valence-corrected chi connectivity index (χ0v) is 20.9. The van der Waals surface area contributed by atoms with Crippen molar-refractivity contribution in [2.24, 2.45) is 7.05 Å². The predicted octanol–water partition coefficient (Wildman–Crippen LogP) is 4.78. The summed E-state index contributed by atoms with van der Waals surface area (Å²) in [5.41, 5.74) is 0.565. The Hall–Kier alpha value is -3.84. The first kappa shape index (κ1) is 24.8. The van der Waals surface area contributed by atoms with Gasteiger partial charge in [0.05, 0.1) is 18.8 Å². The molecule has 1 fully saturated rings. The second-order valence-corrected chi connectivity index (χ2v) is 9.03. The van der Waals surface area contributed by atoms with Gasteiger partial charge in [0.1, 0.15) is 27.8 Å². The van der Waals surface area contributed by atoms with Crippen molar-refractivity contribution < 1.29 is 23.0 Å². The fraction of sp³-hybridized carbons (Fsp3) is 0.348. The molecule has 0 aromatic carbocycles. The van der Waals surface area contributed by atoms with Crippen molar-refractivity contribution in [2.45, 2.75) is 32.2 Å². The molecule has 194 valence electrons. The Morgan fingerprint density at radius 1 is 1.30 bits per heavy atom. The van der Waals surface area contributed by atoms with Crippen molar-refractivity contribution in [1.29, 1.82) is 0 Å². The van der Waals surface area contributed by atoms with Gasteiger partial charge in [0.25, 0.3) is 5.92 Å². The van der Waals surface area contributed by atoms with Crippen LogP contribution < -0.4 is 15.4 Å². The largest absolute Gasteiger partial charge is 0.454 e. The number of ether oxygens (including phenoxy) is 2. The molecule has 37 heavy (non-hydrogen) atoms. The van der Waals surface area contributed by atoms with Gasteiger partial charge < -0.3 is 24.7 Å². The van der Waals surface area contributed by atoms with Gasteiger partial charge >= 0.3 is 0 Å². The normalized spacial score (nSPS) is 15.8. The van der Waals surface area contributed by atoms with E-state index in [4.69, 9.17) is 21.1 Å². The van der Waals surface area contributed by atoms with Gasteiger partial charge in [-0.1, -0.05) is 11.6 Å². The number of carbonyl (C=O) groups is 1. The lowest BCUT2D eigenvalue weighted by atomic mass is 10.2. The molecular formula is C23H23ClF2N8O3. The summed E-state index contributed by atoms with van der Waals surface area (Å²) < 4.78 is 42.8. The van der Waals surface area contributed by atoms with E-state index in [0.717, 1.165) is 6.92 Å². The number of amides is 1. The van der Waals surface area contributed by atoms with Gasteiger partial charge in [0.2, 0.25) is 11.9 Å². The Kier molecular flexibility index (Phi) is 6.42. The molecule has 4 aromatic heterocycles. The summed E-state index contributed by atoms with van der Waals surface area (Å²) in [6, 6.07) is 4.18. The molecule has 1 saturated heterocycles. The third-order valence-electron chi connectivity index (χ3n) is 5.75.